The van der Waals surface area contributed by atoms with Gasteiger partial charge in [-0.1, -0.05) is 6.07 Å². The van der Waals surface area contributed by atoms with Crippen molar-refractivity contribution in [2.45, 2.75) is 43.0 Å². The standard InChI is InChI=1S/C12H17N5OS/c1-3-17-11(18)15-16-12(17)19-10-9(7-8(2)13)5-4-6-14-10/h4-6,8H,3,7,13H2,1-2H3,(H,15,18). The fourth-order valence-corrected chi connectivity index (χ4v) is 2.75. The second-order valence-electron chi connectivity index (χ2n) is 4.31. The molecule has 1 atom stereocenters. The number of nitrogens with one attached hydrogen (secondary N) is 1. The molecule has 102 valence electrons. The summed E-state index contributed by atoms with van der Waals surface area (Å²) >= 11 is 1.38. The topological polar surface area (TPSA) is 89.6 Å². The first kappa shape index (κ1) is 13.8. The maximum absolute atomic E-state index is 11.5. The smallest absolute Gasteiger partial charge is 0.328 e. The van der Waals surface area contributed by atoms with E-state index < -0.39 is 0 Å². The molecule has 2 aromatic heterocycles. The number of nitrogens with two attached hydrogens (primary N) is 1. The molecule has 3 N–H and O–H groups in total. The van der Waals surface area contributed by atoms with Crippen LogP contribution >= 0.6 is 11.8 Å². The Hall–Kier alpha value is -1.60. The number of aromatic nitrogens is 4. The van der Waals surface area contributed by atoms with E-state index >= 15 is 0 Å². The molecule has 2 aromatic rings. The van der Waals surface area contributed by atoms with E-state index in [1.54, 1.807) is 10.8 Å². The van der Waals surface area contributed by atoms with Gasteiger partial charge in [0, 0.05) is 18.8 Å². The third-order valence-electron chi connectivity index (χ3n) is 2.62. The molecule has 0 saturated carbocycles. The predicted molar refractivity (Wildman–Crippen MR) is 74.2 cm³/mol. The Kier molecular flexibility index (Phi) is 4.39. The van der Waals surface area contributed by atoms with Crippen molar-refractivity contribution in [1.82, 2.24) is 19.7 Å². The molecule has 0 fully saturated rings. The minimum absolute atomic E-state index is 0.0658. The largest absolute Gasteiger partial charge is 0.343 e. The molecule has 0 aliphatic carbocycles. The minimum Gasteiger partial charge on any atom is -0.328 e. The first-order chi connectivity index (χ1) is 9.11. The first-order valence-electron chi connectivity index (χ1n) is 6.14. The summed E-state index contributed by atoms with van der Waals surface area (Å²) in [6, 6.07) is 3.95. The van der Waals surface area contributed by atoms with Gasteiger partial charge in [-0.15, -0.1) is 5.10 Å². The molecule has 0 aliphatic rings. The number of H-pyrrole nitrogens is 1. The second-order valence-corrected chi connectivity index (χ2v) is 5.26. The van der Waals surface area contributed by atoms with Crippen molar-refractivity contribution in [1.29, 1.82) is 0 Å². The number of pyridine rings is 1. The van der Waals surface area contributed by atoms with Crippen molar-refractivity contribution in [3.63, 3.8) is 0 Å². The predicted octanol–water partition coefficient (Wildman–Crippen LogP) is 1.03. The highest BCUT2D eigenvalue weighted by Crippen LogP contribution is 2.26. The molecule has 0 aliphatic heterocycles. The lowest BCUT2D eigenvalue weighted by atomic mass is 10.1. The van der Waals surface area contributed by atoms with Gasteiger partial charge in [0.1, 0.15) is 5.03 Å². The maximum Gasteiger partial charge on any atom is 0.343 e. The van der Waals surface area contributed by atoms with Gasteiger partial charge in [-0.05, 0) is 43.7 Å². The van der Waals surface area contributed by atoms with Gasteiger partial charge in [0.15, 0.2) is 5.16 Å². The minimum atomic E-state index is -0.199. The van der Waals surface area contributed by atoms with Crippen LogP contribution in [0.5, 0.6) is 0 Å². The van der Waals surface area contributed by atoms with Crippen LogP contribution in [0.15, 0.2) is 33.3 Å². The molecule has 19 heavy (non-hydrogen) atoms. The van der Waals surface area contributed by atoms with Crippen molar-refractivity contribution in [2.75, 3.05) is 0 Å². The van der Waals surface area contributed by atoms with E-state index in [0.717, 1.165) is 17.0 Å². The van der Waals surface area contributed by atoms with Crippen molar-refractivity contribution >= 4 is 11.8 Å². The zero-order valence-electron chi connectivity index (χ0n) is 11.0. The Balaban J connectivity index is 2.30. The van der Waals surface area contributed by atoms with Crippen LogP contribution in [-0.2, 0) is 13.0 Å². The molecule has 0 saturated heterocycles. The lowest BCUT2D eigenvalue weighted by Crippen LogP contribution is -2.18. The van der Waals surface area contributed by atoms with Crippen LogP contribution in [0.1, 0.15) is 19.4 Å². The van der Waals surface area contributed by atoms with Gasteiger partial charge in [0.05, 0.1) is 0 Å². The van der Waals surface area contributed by atoms with Gasteiger partial charge in [-0.2, -0.15) is 0 Å². The monoisotopic (exact) mass is 279 g/mol. The van der Waals surface area contributed by atoms with Crippen molar-refractivity contribution in [3.8, 4) is 0 Å². The van der Waals surface area contributed by atoms with Gasteiger partial charge in [-0.25, -0.2) is 14.9 Å². The molecule has 6 nitrogen and oxygen atoms in total. The highest BCUT2D eigenvalue weighted by molar-refractivity contribution is 7.99. The summed E-state index contributed by atoms with van der Waals surface area (Å²) < 4.78 is 1.58. The summed E-state index contributed by atoms with van der Waals surface area (Å²) in [6.45, 7) is 4.44. The van der Waals surface area contributed by atoms with Crippen molar-refractivity contribution in [2.24, 2.45) is 5.73 Å². The molecule has 0 spiro atoms. The summed E-state index contributed by atoms with van der Waals surface area (Å²) in [6.07, 6.45) is 2.48. The normalized spacial score (nSPS) is 12.6. The highest BCUT2D eigenvalue weighted by atomic mass is 32.2. The summed E-state index contributed by atoms with van der Waals surface area (Å²) in [5.74, 6) is 0. The van der Waals surface area contributed by atoms with Crippen LogP contribution in [0.2, 0.25) is 0 Å². The van der Waals surface area contributed by atoms with E-state index in [2.05, 4.69) is 15.2 Å². The lowest BCUT2D eigenvalue weighted by molar-refractivity contribution is 0.659. The fraction of sp³-hybridized carbons (Fsp3) is 0.417. The van der Waals surface area contributed by atoms with E-state index in [1.165, 1.54) is 11.8 Å². The second kappa shape index (κ2) is 6.03. The molecule has 1 unspecified atom stereocenters. The summed E-state index contributed by atoms with van der Waals surface area (Å²) in [5.41, 5.74) is 6.70. The van der Waals surface area contributed by atoms with E-state index in [-0.39, 0.29) is 11.7 Å². The molecular weight excluding hydrogens is 262 g/mol. The van der Waals surface area contributed by atoms with Gasteiger partial charge in [0.25, 0.3) is 0 Å². The third kappa shape index (κ3) is 3.24. The molecule has 0 bridgehead atoms. The summed E-state index contributed by atoms with van der Waals surface area (Å²) in [5, 5.41) is 7.94. The van der Waals surface area contributed by atoms with Crippen LogP contribution in [0.3, 0.4) is 0 Å². The number of nitrogens with zero attached hydrogens (tertiary/aromatic N) is 3. The van der Waals surface area contributed by atoms with E-state index in [9.17, 15) is 4.79 Å². The van der Waals surface area contributed by atoms with Crippen molar-refractivity contribution < 1.29 is 0 Å². The Labute approximate surface area is 115 Å². The summed E-state index contributed by atoms with van der Waals surface area (Å²) in [7, 11) is 0. The number of hydrogen-bond donors (Lipinski definition) is 2. The van der Waals surface area contributed by atoms with Crippen molar-refractivity contribution in [3.05, 3.63) is 34.4 Å². The maximum atomic E-state index is 11.5. The van der Waals surface area contributed by atoms with Gasteiger partial charge >= 0.3 is 5.69 Å². The van der Waals surface area contributed by atoms with Crippen LogP contribution in [-0.4, -0.2) is 25.8 Å². The Morgan fingerprint density at radius 1 is 1.58 bits per heavy atom. The molecular formula is C12H17N5OS. The fourth-order valence-electron chi connectivity index (χ4n) is 1.76. The van der Waals surface area contributed by atoms with Crippen LogP contribution in [0, 0.1) is 0 Å². The van der Waals surface area contributed by atoms with E-state index in [1.807, 2.05) is 26.0 Å². The van der Waals surface area contributed by atoms with Gasteiger partial charge < -0.3 is 5.73 Å². The number of hydrogen-bond acceptors (Lipinski definition) is 5. The van der Waals surface area contributed by atoms with Crippen LogP contribution < -0.4 is 11.4 Å². The Morgan fingerprint density at radius 3 is 3.05 bits per heavy atom. The Bertz CT molecular complexity index is 604. The van der Waals surface area contributed by atoms with Crippen LogP contribution in [0.4, 0.5) is 0 Å². The van der Waals surface area contributed by atoms with Crippen LogP contribution in [0.25, 0.3) is 0 Å². The summed E-state index contributed by atoms with van der Waals surface area (Å²) in [4.78, 5) is 15.9. The SMILES string of the molecule is CCn1c(Sc2ncccc2CC(C)N)n[nH]c1=O. The Morgan fingerprint density at radius 2 is 2.37 bits per heavy atom. The third-order valence-corrected chi connectivity index (χ3v) is 3.67. The zero-order chi connectivity index (χ0) is 13.8. The average Bonchev–Trinajstić information content (AvgIpc) is 2.71. The van der Waals surface area contributed by atoms with Gasteiger partial charge in [-0.3, -0.25) is 4.57 Å². The number of aromatic amines is 1. The van der Waals surface area contributed by atoms with Gasteiger partial charge in [0.2, 0.25) is 0 Å². The molecule has 2 heterocycles. The molecule has 2 rings (SSSR count). The van der Waals surface area contributed by atoms with E-state index in [4.69, 9.17) is 5.73 Å². The first-order valence-corrected chi connectivity index (χ1v) is 6.96. The molecule has 0 amide bonds. The zero-order valence-corrected chi connectivity index (χ0v) is 11.8. The quantitative estimate of drug-likeness (QED) is 0.853. The molecule has 0 radical (unpaired) electrons. The molecule has 7 heteroatoms. The highest BCUT2D eigenvalue weighted by Gasteiger charge is 2.12. The molecule has 0 aromatic carbocycles. The van der Waals surface area contributed by atoms with E-state index in [0.29, 0.717) is 11.7 Å². The number of rotatable bonds is 5. The lowest BCUT2D eigenvalue weighted by Gasteiger charge is -2.09. The average molecular weight is 279 g/mol.